The van der Waals surface area contributed by atoms with Crippen molar-refractivity contribution in [3.8, 4) is 23.0 Å². The Morgan fingerprint density at radius 3 is 2.62 bits per heavy atom. The van der Waals surface area contributed by atoms with E-state index in [1.807, 2.05) is 38.1 Å². The monoisotopic (exact) mass is 522 g/mol. The summed E-state index contributed by atoms with van der Waals surface area (Å²) in [5.41, 5.74) is 1.97. The first-order valence-electron chi connectivity index (χ1n) is 11.8. The number of nitrogens with zero attached hydrogens (tertiary/aromatic N) is 2. The van der Waals surface area contributed by atoms with Gasteiger partial charge in [-0.15, -0.1) is 0 Å². The molecular formula is C27H26N2O7S. The van der Waals surface area contributed by atoms with Crippen LogP contribution in [0.4, 0.5) is 0 Å². The van der Waals surface area contributed by atoms with Crippen LogP contribution in [0.1, 0.15) is 37.9 Å². The van der Waals surface area contributed by atoms with E-state index >= 15 is 0 Å². The Balaban J connectivity index is 1.69. The molecule has 37 heavy (non-hydrogen) atoms. The van der Waals surface area contributed by atoms with E-state index in [0.29, 0.717) is 56.8 Å². The molecule has 5 rings (SSSR count). The summed E-state index contributed by atoms with van der Waals surface area (Å²) in [5.74, 6) is 1.86. The average molecular weight is 523 g/mol. The van der Waals surface area contributed by atoms with Crippen molar-refractivity contribution >= 4 is 23.4 Å². The van der Waals surface area contributed by atoms with Crippen LogP contribution in [-0.2, 0) is 9.53 Å². The van der Waals surface area contributed by atoms with E-state index in [1.165, 1.54) is 23.0 Å². The van der Waals surface area contributed by atoms with Gasteiger partial charge in [-0.3, -0.25) is 9.36 Å². The molecule has 0 amide bonds. The van der Waals surface area contributed by atoms with Gasteiger partial charge in [-0.1, -0.05) is 23.5 Å². The summed E-state index contributed by atoms with van der Waals surface area (Å²) in [4.78, 5) is 31.8. The number of aromatic nitrogens is 1. The lowest BCUT2D eigenvalue weighted by atomic mass is 9.95. The van der Waals surface area contributed by atoms with Crippen LogP contribution < -0.4 is 33.8 Å². The van der Waals surface area contributed by atoms with Gasteiger partial charge >= 0.3 is 5.97 Å². The fourth-order valence-electron chi connectivity index (χ4n) is 4.40. The second-order valence-electron chi connectivity index (χ2n) is 8.26. The highest BCUT2D eigenvalue weighted by Crippen LogP contribution is 2.36. The summed E-state index contributed by atoms with van der Waals surface area (Å²) in [6.45, 7) is 6.59. The molecule has 1 atom stereocenters. The van der Waals surface area contributed by atoms with Gasteiger partial charge in [0.05, 0.1) is 42.2 Å². The second kappa shape index (κ2) is 10.1. The van der Waals surface area contributed by atoms with E-state index in [2.05, 4.69) is 4.99 Å². The maximum atomic E-state index is 13.8. The Labute approximate surface area is 216 Å². The van der Waals surface area contributed by atoms with E-state index in [1.54, 1.807) is 25.1 Å². The summed E-state index contributed by atoms with van der Waals surface area (Å²) >= 11 is 1.25. The summed E-state index contributed by atoms with van der Waals surface area (Å²) in [6, 6.07) is 10.2. The highest BCUT2D eigenvalue weighted by atomic mass is 32.1. The van der Waals surface area contributed by atoms with Gasteiger partial charge in [-0.05, 0) is 62.2 Å². The average Bonchev–Trinajstić information content (AvgIpc) is 3.48. The molecule has 9 nitrogen and oxygen atoms in total. The number of fused-ring (bicyclic) bond motifs is 2. The topological polar surface area (TPSA) is 97.6 Å². The molecule has 0 N–H and O–H groups in total. The fraction of sp³-hybridized carbons (Fsp3) is 0.296. The number of allylic oxidation sites excluding steroid dienone is 1. The van der Waals surface area contributed by atoms with E-state index in [4.69, 9.17) is 23.7 Å². The molecule has 192 valence electrons. The largest absolute Gasteiger partial charge is 0.490 e. The van der Waals surface area contributed by atoms with Crippen LogP contribution in [0.3, 0.4) is 0 Å². The van der Waals surface area contributed by atoms with Crippen molar-refractivity contribution in [1.82, 2.24) is 4.57 Å². The second-order valence-corrected chi connectivity index (χ2v) is 9.27. The summed E-state index contributed by atoms with van der Waals surface area (Å²) in [5, 5.41) is 0. The van der Waals surface area contributed by atoms with Crippen LogP contribution in [0.2, 0.25) is 0 Å². The van der Waals surface area contributed by atoms with Crippen LogP contribution in [0.25, 0.3) is 6.08 Å². The number of hydrogen-bond donors (Lipinski definition) is 0. The molecule has 2 aromatic carbocycles. The Bertz CT molecular complexity index is 1580. The maximum Gasteiger partial charge on any atom is 0.338 e. The van der Waals surface area contributed by atoms with E-state index in [0.717, 1.165) is 5.56 Å². The molecule has 0 spiro atoms. The van der Waals surface area contributed by atoms with E-state index in [9.17, 15) is 9.59 Å². The zero-order chi connectivity index (χ0) is 26.1. The van der Waals surface area contributed by atoms with Crippen molar-refractivity contribution in [3.05, 3.63) is 78.5 Å². The fourth-order valence-corrected chi connectivity index (χ4v) is 5.45. The van der Waals surface area contributed by atoms with Crippen LogP contribution in [0.15, 0.2) is 57.5 Å². The third-order valence-electron chi connectivity index (χ3n) is 6.00. The van der Waals surface area contributed by atoms with E-state index in [-0.39, 0.29) is 17.9 Å². The van der Waals surface area contributed by atoms with Crippen LogP contribution in [0.5, 0.6) is 23.0 Å². The maximum absolute atomic E-state index is 13.8. The van der Waals surface area contributed by atoms with Crippen molar-refractivity contribution in [3.63, 3.8) is 0 Å². The summed E-state index contributed by atoms with van der Waals surface area (Å²) in [7, 11) is 1.31. The lowest BCUT2D eigenvalue weighted by molar-refractivity contribution is -0.136. The SMILES string of the molecule is CCOc1ccc(C2C(C(=O)OC)=C(C)N=c3sc(=Cc4ccc5c(c4)OCO5)c(=O)n32)cc1OCC. The number of carbonyl (C=O) groups is 1. The van der Waals surface area contributed by atoms with E-state index < -0.39 is 12.0 Å². The van der Waals surface area contributed by atoms with Gasteiger partial charge in [0.25, 0.3) is 5.56 Å². The van der Waals surface area contributed by atoms with Crippen molar-refractivity contribution in [2.75, 3.05) is 27.1 Å². The van der Waals surface area contributed by atoms with Crippen LogP contribution in [0, 0.1) is 0 Å². The number of rotatable bonds is 7. The molecule has 0 bridgehead atoms. The van der Waals surface area contributed by atoms with Crippen molar-refractivity contribution in [1.29, 1.82) is 0 Å². The van der Waals surface area contributed by atoms with Gasteiger partial charge in [-0.25, -0.2) is 9.79 Å². The lowest BCUT2D eigenvalue weighted by Gasteiger charge is -2.25. The third kappa shape index (κ3) is 4.48. The minimum absolute atomic E-state index is 0.169. The lowest BCUT2D eigenvalue weighted by Crippen LogP contribution is -2.39. The Hall–Kier alpha value is -4.05. The molecule has 0 aliphatic carbocycles. The summed E-state index contributed by atoms with van der Waals surface area (Å²) < 4.78 is 29.5. The molecule has 2 aliphatic rings. The number of benzene rings is 2. The first-order valence-corrected chi connectivity index (χ1v) is 12.7. The molecule has 2 aliphatic heterocycles. The first-order chi connectivity index (χ1) is 17.9. The van der Waals surface area contributed by atoms with Gasteiger partial charge in [0.2, 0.25) is 6.79 Å². The molecule has 10 heteroatoms. The van der Waals surface area contributed by atoms with Crippen molar-refractivity contribution in [2.45, 2.75) is 26.8 Å². The molecule has 0 fully saturated rings. The molecule has 0 radical (unpaired) electrons. The molecular weight excluding hydrogens is 496 g/mol. The zero-order valence-electron chi connectivity index (χ0n) is 20.9. The predicted molar refractivity (Wildman–Crippen MR) is 137 cm³/mol. The van der Waals surface area contributed by atoms with Crippen molar-refractivity contribution in [2.24, 2.45) is 4.99 Å². The van der Waals surface area contributed by atoms with Gasteiger partial charge in [-0.2, -0.15) is 0 Å². The Kier molecular flexibility index (Phi) is 6.75. The minimum atomic E-state index is -0.752. The highest BCUT2D eigenvalue weighted by molar-refractivity contribution is 7.07. The molecule has 1 unspecified atom stereocenters. The van der Waals surface area contributed by atoms with Crippen LogP contribution >= 0.6 is 11.3 Å². The van der Waals surface area contributed by atoms with Crippen LogP contribution in [-0.4, -0.2) is 37.7 Å². The quantitative estimate of drug-likeness (QED) is 0.440. The highest BCUT2D eigenvalue weighted by Gasteiger charge is 2.33. The predicted octanol–water partition coefficient (Wildman–Crippen LogP) is 2.93. The standard InChI is InChI=1S/C27H26N2O7S/c1-5-33-18-10-8-17(13-21(18)34-6-2)24-23(26(31)32-4)15(3)28-27-29(24)25(30)22(37-27)12-16-7-9-19-20(11-16)36-14-35-19/h7-13,24H,5-6,14H2,1-4H3. The minimum Gasteiger partial charge on any atom is -0.490 e. The zero-order valence-corrected chi connectivity index (χ0v) is 21.7. The number of methoxy groups -OCH3 is 1. The van der Waals surface area contributed by atoms with Gasteiger partial charge in [0, 0.05) is 0 Å². The number of thiazole rings is 1. The Morgan fingerprint density at radius 2 is 1.86 bits per heavy atom. The number of hydrogen-bond acceptors (Lipinski definition) is 9. The van der Waals surface area contributed by atoms with Crippen molar-refractivity contribution < 1.29 is 28.5 Å². The third-order valence-corrected chi connectivity index (χ3v) is 6.99. The van der Waals surface area contributed by atoms with Gasteiger partial charge in [0.15, 0.2) is 27.8 Å². The molecule has 0 saturated carbocycles. The number of esters is 1. The summed E-state index contributed by atoms with van der Waals surface area (Å²) in [6.07, 6.45) is 1.78. The molecule has 3 aromatic rings. The van der Waals surface area contributed by atoms with Gasteiger partial charge < -0.3 is 23.7 Å². The smallest absolute Gasteiger partial charge is 0.338 e. The number of carbonyl (C=O) groups excluding carboxylic acids is 1. The van der Waals surface area contributed by atoms with Gasteiger partial charge in [0.1, 0.15) is 0 Å². The first kappa shape index (κ1) is 24.6. The molecule has 3 heterocycles. The number of ether oxygens (including phenoxy) is 5. The molecule has 0 saturated heterocycles. The molecule has 1 aromatic heterocycles. The normalized spacial score (nSPS) is 16.3. The Morgan fingerprint density at radius 1 is 1.11 bits per heavy atom.